The van der Waals surface area contributed by atoms with Crippen molar-refractivity contribution < 1.29 is 28.6 Å². The van der Waals surface area contributed by atoms with Crippen LogP contribution in [0.1, 0.15) is 19.3 Å². The molecule has 0 spiro atoms. The average Bonchev–Trinajstić information content (AvgIpc) is 2.55. The molecule has 23 heavy (non-hydrogen) atoms. The molecule has 126 valence electrons. The van der Waals surface area contributed by atoms with E-state index < -0.39 is 5.97 Å². The molecule has 0 saturated carbocycles. The minimum Gasteiger partial charge on any atom is -0.493 e. The Morgan fingerprint density at radius 1 is 1.26 bits per heavy atom. The van der Waals surface area contributed by atoms with Gasteiger partial charge in [-0.1, -0.05) is 0 Å². The summed E-state index contributed by atoms with van der Waals surface area (Å²) in [5.41, 5.74) is 0. The number of nitrogens with zero attached hydrogens (tertiary/aromatic N) is 1. The molecule has 1 amide bonds. The average molecular weight is 325 g/mol. The number of carbonyl (C=O) groups is 2. The lowest BCUT2D eigenvalue weighted by molar-refractivity contribution is -0.148. The normalized spacial score (nSPS) is 15.2. The van der Waals surface area contributed by atoms with Crippen LogP contribution in [0.25, 0.3) is 0 Å². The van der Waals surface area contributed by atoms with Gasteiger partial charge in [-0.3, -0.25) is 9.59 Å². The summed E-state index contributed by atoms with van der Waals surface area (Å²) in [6, 6.07) is 5.39. The third-order valence-corrected chi connectivity index (χ3v) is 3.66. The number of carboxylic acid groups (broad SMARTS) is 1. The molecule has 1 aromatic carbocycles. The van der Waals surface area contributed by atoms with Gasteiger partial charge in [0, 0.05) is 19.3 Å². The number of carbonyl (C=O) groups excluding carboxylic acids is 1. The van der Waals surface area contributed by atoms with Crippen molar-refractivity contribution in [3.05, 3.63) is 30.1 Å². The van der Waals surface area contributed by atoms with Crippen molar-refractivity contribution in [3.63, 3.8) is 0 Å². The largest absolute Gasteiger partial charge is 0.493 e. The quantitative estimate of drug-likeness (QED) is 0.825. The monoisotopic (exact) mass is 325 g/mol. The summed E-state index contributed by atoms with van der Waals surface area (Å²) in [4.78, 5) is 24.7. The van der Waals surface area contributed by atoms with Crippen molar-refractivity contribution in [2.45, 2.75) is 25.3 Å². The van der Waals surface area contributed by atoms with Gasteiger partial charge in [0.15, 0.2) is 0 Å². The molecule has 1 heterocycles. The van der Waals surface area contributed by atoms with Gasteiger partial charge in [0.1, 0.15) is 18.1 Å². The van der Waals surface area contributed by atoms with E-state index in [0.717, 1.165) is 0 Å². The third-order valence-electron chi connectivity index (χ3n) is 3.66. The first kappa shape index (κ1) is 17.2. The summed E-state index contributed by atoms with van der Waals surface area (Å²) in [6.45, 7) is 0.851. The summed E-state index contributed by atoms with van der Waals surface area (Å²) < 4.78 is 23.4. The number of hydrogen-bond acceptors (Lipinski definition) is 4. The van der Waals surface area contributed by atoms with E-state index in [1.54, 1.807) is 0 Å². The maximum absolute atomic E-state index is 12.8. The molecule has 2 rings (SSSR count). The summed E-state index contributed by atoms with van der Waals surface area (Å²) in [7, 11) is 0. The van der Waals surface area contributed by atoms with Gasteiger partial charge in [0.05, 0.1) is 13.0 Å². The van der Waals surface area contributed by atoms with Crippen LogP contribution in [0.5, 0.6) is 5.75 Å². The predicted molar refractivity (Wildman–Crippen MR) is 79.7 cm³/mol. The minimum absolute atomic E-state index is 0.0714. The molecule has 1 fully saturated rings. The van der Waals surface area contributed by atoms with Gasteiger partial charge >= 0.3 is 5.97 Å². The highest BCUT2D eigenvalue weighted by atomic mass is 19.1. The number of hydrogen-bond donors (Lipinski definition) is 1. The van der Waals surface area contributed by atoms with Crippen molar-refractivity contribution in [1.29, 1.82) is 0 Å². The van der Waals surface area contributed by atoms with Crippen LogP contribution in [-0.4, -0.2) is 54.3 Å². The van der Waals surface area contributed by atoms with Gasteiger partial charge in [0.2, 0.25) is 5.91 Å². The highest BCUT2D eigenvalue weighted by molar-refractivity contribution is 5.81. The second-order valence-electron chi connectivity index (χ2n) is 5.31. The van der Waals surface area contributed by atoms with Crippen molar-refractivity contribution in [2.24, 2.45) is 0 Å². The predicted octanol–water partition coefficient (Wildman–Crippen LogP) is 1.69. The molecule has 0 aromatic heterocycles. The Kier molecular flexibility index (Phi) is 6.34. The van der Waals surface area contributed by atoms with Gasteiger partial charge in [-0.15, -0.1) is 0 Å². The molecule has 0 atom stereocenters. The molecule has 0 bridgehead atoms. The van der Waals surface area contributed by atoms with E-state index in [1.165, 1.54) is 29.2 Å². The molecule has 0 aliphatic carbocycles. The Bertz CT molecular complexity index is 528. The van der Waals surface area contributed by atoms with Crippen LogP contribution in [-0.2, 0) is 14.3 Å². The van der Waals surface area contributed by atoms with Crippen molar-refractivity contribution in [1.82, 2.24) is 4.90 Å². The van der Waals surface area contributed by atoms with Gasteiger partial charge in [-0.25, -0.2) is 4.39 Å². The fourth-order valence-electron chi connectivity index (χ4n) is 2.49. The fraction of sp³-hybridized carbons (Fsp3) is 0.500. The number of aliphatic carboxylic acids is 1. The Hall–Kier alpha value is -2.15. The SMILES string of the molecule is O=C(O)CN(C(=O)CCOc1ccc(F)cc1)C1CCOCC1. The van der Waals surface area contributed by atoms with Crippen LogP contribution < -0.4 is 4.74 Å². The second-order valence-corrected chi connectivity index (χ2v) is 5.31. The van der Waals surface area contributed by atoms with E-state index in [2.05, 4.69) is 0 Å². The number of halogens is 1. The number of rotatable bonds is 7. The van der Waals surface area contributed by atoms with Gasteiger partial charge < -0.3 is 19.5 Å². The molecule has 0 radical (unpaired) electrons. The molecule has 1 saturated heterocycles. The summed E-state index contributed by atoms with van der Waals surface area (Å²) in [5, 5.41) is 9.00. The molecular weight excluding hydrogens is 305 g/mol. The number of benzene rings is 1. The first-order chi connectivity index (χ1) is 11.1. The van der Waals surface area contributed by atoms with Crippen LogP contribution in [0.4, 0.5) is 4.39 Å². The van der Waals surface area contributed by atoms with Crippen molar-refractivity contribution in [3.8, 4) is 5.75 Å². The maximum atomic E-state index is 12.8. The fourth-order valence-corrected chi connectivity index (χ4v) is 2.49. The molecule has 0 unspecified atom stereocenters. The Balaban J connectivity index is 1.86. The third kappa shape index (κ3) is 5.52. The zero-order valence-corrected chi connectivity index (χ0v) is 12.7. The highest BCUT2D eigenvalue weighted by Crippen LogP contribution is 2.16. The lowest BCUT2D eigenvalue weighted by Gasteiger charge is -2.33. The molecule has 1 N–H and O–H groups in total. The zero-order valence-electron chi connectivity index (χ0n) is 12.7. The van der Waals surface area contributed by atoms with Crippen LogP contribution >= 0.6 is 0 Å². The number of carboxylic acids is 1. The van der Waals surface area contributed by atoms with E-state index in [9.17, 15) is 14.0 Å². The first-order valence-electron chi connectivity index (χ1n) is 7.53. The summed E-state index contributed by atoms with van der Waals surface area (Å²) in [5.74, 6) is -1.19. The van der Waals surface area contributed by atoms with Gasteiger partial charge in [0.25, 0.3) is 0 Å². The molecule has 6 nitrogen and oxygen atoms in total. The summed E-state index contributed by atoms with van der Waals surface area (Å²) >= 11 is 0. The second kappa shape index (κ2) is 8.47. The molecular formula is C16H20FNO5. The maximum Gasteiger partial charge on any atom is 0.323 e. The first-order valence-corrected chi connectivity index (χ1v) is 7.53. The Morgan fingerprint density at radius 2 is 1.91 bits per heavy atom. The van der Waals surface area contributed by atoms with E-state index in [1.807, 2.05) is 0 Å². The molecule has 1 aliphatic rings. The number of amides is 1. The summed E-state index contributed by atoms with van der Waals surface area (Å²) in [6.07, 6.45) is 1.34. The van der Waals surface area contributed by atoms with Crippen LogP contribution in [0.15, 0.2) is 24.3 Å². The minimum atomic E-state index is -1.04. The lowest BCUT2D eigenvalue weighted by Crippen LogP contribution is -2.46. The smallest absolute Gasteiger partial charge is 0.323 e. The van der Waals surface area contributed by atoms with E-state index >= 15 is 0 Å². The van der Waals surface area contributed by atoms with E-state index in [4.69, 9.17) is 14.6 Å². The molecule has 1 aliphatic heterocycles. The van der Waals surface area contributed by atoms with Crippen LogP contribution in [0, 0.1) is 5.82 Å². The zero-order chi connectivity index (χ0) is 16.7. The van der Waals surface area contributed by atoms with E-state index in [-0.39, 0.29) is 37.3 Å². The Labute approximate surface area is 133 Å². The van der Waals surface area contributed by atoms with Crippen molar-refractivity contribution in [2.75, 3.05) is 26.4 Å². The van der Waals surface area contributed by atoms with Crippen LogP contribution in [0.3, 0.4) is 0 Å². The van der Waals surface area contributed by atoms with E-state index in [0.29, 0.717) is 31.8 Å². The standard InChI is InChI=1S/C16H20FNO5/c17-12-1-3-14(4-2-12)23-10-7-15(19)18(11-16(20)21)13-5-8-22-9-6-13/h1-4,13H,5-11H2,(H,20,21). The molecule has 7 heteroatoms. The van der Waals surface area contributed by atoms with Gasteiger partial charge in [-0.2, -0.15) is 0 Å². The Morgan fingerprint density at radius 3 is 2.52 bits per heavy atom. The lowest BCUT2D eigenvalue weighted by atomic mass is 10.1. The topological polar surface area (TPSA) is 76.1 Å². The highest BCUT2D eigenvalue weighted by Gasteiger charge is 2.27. The van der Waals surface area contributed by atoms with Crippen molar-refractivity contribution >= 4 is 11.9 Å². The van der Waals surface area contributed by atoms with Crippen LogP contribution in [0.2, 0.25) is 0 Å². The number of ether oxygens (including phenoxy) is 2. The molecule has 1 aromatic rings. The van der Waals surface area contributed by atoms with Gasteiger partial charge in [-0.05, 0) is 37.1 Å².